The van der Waals surface area contributed by atoms with Crippen LogP contribution in [0, 0.1) is 28.6 Å². The lowest BCUT2D eigenvalue weighted by molar-refractivity contribution is -0.155. The van der Waals surface area contributed by atoms with Crippen LogP contribution in [0.15, 0.2) is 36.0 Å². The summed E-state index contributed by atoms with van der Waals surface area (Å²) in [4.78, 5) is 23.2. The standard InChI is InChI=1S/C21H26O3/c1-13(22)24-19-7-6-17-16-5-4-14-12-15(23)8-10-20(14,2)18(16)9-11-21(17,19)3/h4-5,8,10,12,16-19H,6-7,9,11H2,1-3H3/t16-,17+,18-,19-,20-,21+/m1/s1. The number of esters is 1. The van der Waals surface area contributed by atoms with E-state index in [1.807, 2.05) is 0 Å². The molecule has 2 fully saturated rings. The zero-order valence-electron chi connectivity index (χ0n) is 14.7. The Kier molecular flexibility index (Phi) is 3.42. The SMILES string of the molecule is CC(=O)O[C@@H]1CC[C@H]2[C@H]3C=CC4=CC(=O)C=C[C@@]4(C)[C@@H]3CC[C@]12C. The van der Waals surface area contributed by atoms with Crippen LogP contribution in [0.5, 0.6) is 0 Å². The average Bonchev–Trinajstić information content (AvgIpc) is 2.84. The monoisotopic (exact) mass is 326 g/mol. The summed E-state index contributed by atoms with van der Waals surface area (Å²) in [6, 6.07) is 0. The van der Waals surface area contributed by atoms with E-state index in [0.29, 0.717) is 17.8 Å². The number of hydrogen-bond acceptors (Lipinski definition) is 3. The topological polar surface area (TPSA) is 43.4 Å². The van der Waals surface area contributed by atoms with Crippen molar-refractivity contribution in [3.05, 3.63) is 36.0 Å². The minimum atomic E-state index is -0.158. The van der Waals surface area contributed by atoms with Crippen molar-refractivity contribution in [3.63, 3.8) is 0 Å². The molecular formula is C21H26O3. The second kappa shape index (κ2) is 5.18. The molecule has 4 aliphatic carbocycles. The molecule has 0 aliphatic heterocycles. The molecule has 0 N–H and O–H groups in total. The first kappa shape index (κ1) is 15.9. The van der Waals surface area contributed by atoms with Gasteiger partial charge in [0.2, 0.25) is 0 Å². The van der Waals surface area contributed by atoms with Crippen LogP contribution in [-0.2, 0) is 14.3 Å². The Bertz CT molecular complexity index is 685. The molecule has 4 rings (SSSR count). The lowest BCUT2D eigenvalue weighted by atomic mass is 9.50. The van der Waals surface area contributed by atoms with Crippen LogP contribution < -0.4 is 0 Å². The lowest BCUT2D eigenvalue weighted by Gasteiger charge is -2.54. The molecule has 24 heavy (non-hydrogen) atoms. The first-order valence-corrected chi connectivity index (χ1v) is 9.15. The van der Waals surface area contributed by atoms with Crippen LogP contribution in [0.2, 0.25) is 0 Å². The van der Waals surface area contributed by atoms with E-state index in [2.05, 4.69) is 32.1 Å². The minimum absolute atomic E-state index is 0.0336. The van der Waals surface area contributed by atoms with Crippen molar-refractivity contribution in [2.24, 2.45) is 28.6 Å². The largest absolute Gasteiger partial charge is 0.462 e. The molecule has 0 unspecified atom stereocenters. The summed E-state index contributed by atoms with van der Waals surface area (Å²) in [6.45, 7) is 6.12. The molecule has 4 aliphatic rings. The number of rotatable bonds is 1. The van der Waals surface area contributed by atoms with Crippen LogP contribution in [-0.4, -0.2) is 17.9 Å². The zero-order valence-corrected chi connectivity index (χ0v) is 14.7. The van der Waals surface area contributed by atoms with Crippen molar-refractivity contribution in [1.29, 1.82) is 0 Å². The van der Waals surface area contributed by atoms with Crippen molar-refractivity contribution >= 4 is 11.8 Å². The maximum Gasteiger partial charge on any atom is 0.302 e. The number of hydrogen-bond donors (Lipinski definition) is 0. The maximum absolute atomic E-state index is 11.8. The highest BCUT2D eigenvalue weighted by molar-refractivity contribution is 6.01. The predicted molar refractivity (Wildman–Crippen MR) is 92.1 cm³/mol. The number of fused-ring (bicyclic) bond motifs is 5. The van der Waals surface area contributed by atoms with Crippen LogP contribution in [0.3, 0.4) is 0 Å². The van der Waals surface area contributed by atoms with Gasteiger partial charge in [-0.2, -0.15) is 0 Å². The van der Waals surface area contributed by atoms with Gasteiger partial charge >= 0.3 is 5.97 Å². The molecule has 0 saturated heterocycles. The number of allylic oxidation sites excluding steroid dienone is 6. The summed E-state index contributed by atoms with van der Waals surface area (Å²) >= 11 is 0. The zero-order chi connectivity index (χ0) is 17.1. The van der Waals surface area contributed by atoms with Gasteiger partial charge in [-0.25, -0.2) is 0 Å². The highest BCUT2D eigenvalue weighted by Gasteiger charge is 2.58. The van der Waals surface area contributed by atoms with Crippen LogP contribution in [0.1, 0.15) is 46.5 Å². The molecule has 0 aromatic rings. The molecule has 0 amide bonds. The first-order valence-electron chi connectivity index (χ1n) is 9.15. The fourth-order valence-corrected chi connectivity index (χ4v) is 6.00. The van der Waals surface area contributed by atoms with Gasteiger partial charge < -0.3 is 4.74 Å². The average molecular weight is 326 g/mol. The van der Waals surface area contributed by atoms with E-state index in [1.165, 1.54) is 6.92 Å². The van der Waals surface area contributed by atoms with Crippen LogP contribution >= 0.6 is 0 Å². The molecule has 2 saturated carbocycles. The number of ketones is 1. The molecule has 0 spiro atoms. The molecule has 0 aromatic heterocycles. The Morgan fingerprint density at radius 1 is 1.17 bits per heavy atom. The molecule has 6 atom stereocenters. The third kappa shape index (κ3) is 2.09. The number of carbonyl (C=O) groups is 2. The molecule has 128 valence electrons. The van der Waals surface area contributed by atoms with Gasteiger partial charge in [-0.1, -0.05) is 32.1 Å². The highest BCUT2D eigenvalue weighted by atomic mass is 16.5. The van der Waals surface area contributed by atoms with E-state index in [-0.39, 0.29) is 28.7 Å². The third-order valence-corrected chi connectivity index (χ3v) is 7.34. The van der Waals surface area contributed by atoms with Gasteiger partial charge in [0.1, 0.15) is 6.10 Å². The fourth-order valence-electron chi connectivity index (χ4n) is 6.00. The molecule has 0 heterocycles. The molecular weight excluding hydrogens is 300 g/mol. The summed E-state index contributed by atoms with van der Waals surface area (Å²) in [5.41, 5.74) is 1.21. The first-order chi connectivity index (χ1) is 11.3. The Morgan fingerprint density at radius 2 is 1.96 bits per heavy atom. The Labute approximate surface area is 143 Å². The fraction of sp³-hybridized carbons (Fsp3) is 0.619. The minimum Gasteiger partial charge on any atom is -0.462 e. The Hall–Kier alpha value is -1.64. The van der Waals surface area contributed by atoms with Crippen LogP contribution in [0.25, 0.3) is 0 Å². The van der Waals surface area contributed by atoms with Gasteiger partial charge in [-0.3, -0.25) is 9.59 Å². The predicted octanol–water partition coefficient (Wildman–Crippen LogP) is 4.00. The summed E-state index contributed by atoms with van der Waals surface area (Å²) in [5.74, 6) is 1.54. The van der Waals surface area contributed by atoms with E-state index >= 15 is 0 Å². The van der Waals surface area contributed by atoms with Crippen molar-refractivity contribution in [2.45, 2.75) is 52.6 Å². The highest BCUT2D eigenvalue weighted by Crippen LogP contribution is 2.63. The number of ether oxygens (including phenoxy) is 1. The Balaban J connectivity index is 1.68. The van der Waals surface area contributed by atoms with E-state index < -0.39 is 0 Å². The molecule has 0 bridgehead atoms. The summed E-state index contributed by atoms with van der Waals surface area (Å²) in [5, 5.41) is 0. The normalized spacial score (nSPS) is 46.0. The van der Waals surface area contributed by atoms with Crippen LogP contribution in [0.4, 0.5) is 0 Å². The summed E-state index contributed by atoms with van der Waals surface area (Å²) in [6.07, 6.45) is 14.6. The van der Waals surface area contributed by atoms with Gasteiger partial charge in [0.25, 0.3) is 0 Å². The van der Waals surface area contributed by atoms with Gasteiger partial charge in [0, 0.05) is 17.8 Å². The van der Waals surface area contributed by atoms with E-state index in [0.717, 1.165) is 31.3 Å². The molecule has 3 heteroatoms. The quantitative estimate of drug-likeness (QED) is 0.684. The second-order valence-corrected chi connectivity index (χ2v) is 8.49. The van der Waals surface area contributed by atoms with Crippen molar-refractivity contribution in [3.8, 4) is 0 Å². The molecule has 3 nitrogen and oxygen atoms in total. The van der Waals surface area contributed by atoms with Gasteiger partial charge in [0.15, 0.2) is 5.78 Å². The van der Waals surface area contributed by atoms with E-state index in [9.17, 15) is 9.59 Å². The Morgan fingerprint density at radius 3 is 2.71 bits per heavy atom. The number of carbonyl (C=O) groups excluding carboxylic acids is 2. The summed E-state index contributed by atoms with van der Waals surface area (Å²) in [7, 11) is 0. The lowest BCUT2D eigenvalue weighted by Crippen LogP contribution is -2.49. The molecule has 0 radical (unpaired) electrons. The van der Waals surface area contributed by atoms with Crippen molar-refractivity contribution in [1.82, 2.24) is 0 Å². The smallest absolute Gasteiger partial charge is 0.302 e. The third-order valence-electron chi connectivity index (χ3n) is 7.34. The van der Waals surface area contributed by atoms with Gasteiger partial charge in [0.05, 0.1) is 0 Å². The van der Waals surface area contributed by atoms with Crippen molar-refractivity contribution in [2.75, 3.05) is 0 Å². The molecule has 0 aromatic carbocycles. The van der Waals surface area contributed by atoms with E-state index in [1.54, 1.807) is 12.2 Å². The van der Waals surface area contributed by atoms with Gasteiger partial charge in [-0.15, -0.1) is 0 Å². The summed E-state index contributed by atoms with van der Waals surface area (Å²) < 4.78 is 5.68. The maximum atomic E-state index is 11.8. The van der Waals surface area contributed by atoms with Gasteiger partial charge in [-0.05, 0) is 61.2 Å². The van der Waals surface area contributed by atoms with E-state index in [4.69, 9.17) is 4.74 Å². The van der Waals surface area contributed by atoms with Crippen molar-refractivity contribution < 1.29 is 14.3 Å². The second-order valence-electron chi connectivity index (χ2n) is 8.49.